The van der Waals surface area contributed by atoms with Crippen molar-refractivity contribution >= 4 is 12.4 Å². The number of carbonyl (C=O) groups is 2. The highest BCUT2D eigenvalue weighted by Crippen LogP contribution is 2.10. The van der Waals surface area contributed by atoms with Gasteiger partial charge in [-0.25, -0.2) is 4.79 Å². The van der Waals surface area contributed by atoms with E-state index in [2.05, 4.69) is 5.32 Å². The van der Waals surface area contributed by atoms with Crippen LogP contribution in [-0.4, -0.2) is 18.9 Å². The van der Waals surface area contributed by atoms with Crippen LogP contribution in [-0.2, 0) is 9.53 Å². The molecule has 0 spiro atoms. The van der Waals surface area contributed by atoms with Crippen molar-refractivity contribution in [3.05, 3.63) is 35.6 Å². The lowest BCUT2D eigenvalue weighted by atomic mass is 10.2. The molecule has 4 heteroatoms. The molecular formula is C11H13NO3. The van der Waals surface area contributed by atoms with E-state index in [0.717, 1.165) is 6.29 Å². The summed E-state index contributed by atoms with van der Waals surface area (Å²) >= 11 is 0. The zero-order chi connectivity index (χ0) is 11.1. The van der Waals surface area contributed by atoms with Crippen molar-refractivity contribution in [2.45, 2.75) is 13.3 Å². The molecule has 0 aromatic rings. The molecule has 1 aliphatic carbocycles. The van der Waals surface area contributed by atoms with Crippen molar-refractivity contribution in [2.75, 3.05) is 6.54 Å². The lowest BCUT2D eigenvalue weighted by Gasteiger charge is -2.03. The molecule has 80 valence electrons. The number of amides is 1. The first-order valence-corrected chi connectivity index (χ1v) is 4.74. The molecular weight excluding hydrogens is 194 g/mol. The Morgan fingerprint density at radius 1 is 1.60 bits per heavy atom. The van der Waals surface area contributed by atoms with Gasteiger partial charge in [0.05, 0.1) is 0 Å². The van der Waals surface area contributed by atoms with Gasteiger partial charge in [0.15, 0.2) is 0 Å². The normalized spacial score (nSPS) is 14.7. The molecule has 4 nitrogen and oxygen atoms in total. The molecule has 0 saturated heterocycles. The average Bonchev–Trinajstić information content (AvgIpc) is 2.43. The number of allylic oxidation sites excluding steroid dienone is 5. The maximum absolute atomic E-state index is 11.1. The van der Waals surface area contributed by atoms with Gasteiger partial charge in [-0.05, 0) is 31.1 Å². The maximum Gasteiger partial charge on any atom is 0.412 e. The van der Waals surface area contributed by atoms with Gasteiger partial charge in [0, 0.05) is 6.54 Å². The molecule has 1 aliphatic rings. The molecule has 15 heavy (non-hydrogen) atoms. The van der Waals surface area contributed by atoms with Crippen molar-refractivity contribution in [2.24, 2.45) is 0 Å². The van der Waals surface area contributed by atoms with Crippen LogP contribution in [0.3, 0.4) is 0 Å². The summed E-state index contributed by atoms with van der Waals surface area (Å²) in [5.41, 5.74) is 0.653. The molecule has 0 saturated carbocycles. The largest absolute Gasteiger partial charge is 0.412 e. The minimum Gasteiger partial charge on any atom is -0.410 e. The molecule has 1 amide bonds. The zero-order valence-electron chi connectivity index (χ0n) is 8.53. The predicted octanol–water partition coefficient (Wildman–Crippen LogP) is 1.70. The Bertz CT molecular complexity index is 340. The standard InChI is InChI=1S/C11H13NO3/c1-2-12-11(14)15-10-5-3-4-9(8-13)6-7-10/h3,5-8H,2,4H2,1H3,(H,12,14). The highest BCUT2D eigenvalue weighted by Gasteiger charge is 2.04. The Hall–Kier alpha value is -1.84. The number of ether oxygens (including phenoxy) is 1. The molecule has 0 aliphatic heterocycles. The van der Waals surface area contributed by atoms with Crippen LogP contribution >= 0.6 is 0 Å². The van der Waals surface area contributed by atoms with Crippen LogP contribution in [0.4, 0.5) is 4.79 Å². The summed E-state index contributed by atoms with van der Waals surface area (Å²) in [6.45, 7) is 2.33. The fourth-order valence-corrected chi connectivity index (χ4v) is 1.07. The van der Waals surface area contributed by atoms with Gasteiger partial charge < -0.3 is 10.1 Å². The predicted molar refractivity (Wildman–Crippen MR) is 56.1 cm³/mol. The van der Waals surface area contributed by atoms with Crippen LogP contribution < -0.4 is 5.32 Å². The van der Waals surface area contributed by atoms with E-state index in [1.807, 2.05) is 6.92 Å². The van der Waals surface area contributed by atoms with E-state index in [1.165, 1.54) is 0 Å². The summed E-state index contributed by atoms with van der Waals surface area (Å²) in [4.78, 5) is 21.6. The average molecular weight is 207 g/mol. The van der Waals surface area contributed by atoms with Crippen molar-refractivity contribution in [1.82, 2.24) is 5.32 Å². The first-order valence-electron chi connectivity index (χ1n) is 4.74. The smallest absolute Gasteiger partial charge is 0.410 e. The molecule has 0 unspecified atom stereocenters. The fourth-order valence-electron chi connectivity index (χ4n) is 1.07. The quantitative estimate of drug-likeness (QED) is 0.716. The van der Waals surface area contributed by atoms with E-state index in [-0.39, 0.29) is 0 Å². The number of hydrogen-bond acceptors (Lipinski definition) is 3. The second kappa shape index (κ2) is 5.80. The first kappa shape index (κ1) is 11.2. The van der Waals surface area contributed by atoms with Crippen LogP contribution in [0.5, 0.6) is 0 Å². The third kappa shape index (κ3) is 3.81. The van der Waals surface area contributed by atoms with Gasteiger partial charge in [0.25, 0.3) is 0 Å². The molecule has 1 N–H and O–H groups in total. The minimum absolute atomic E-state index is 0.429. The number of carbonyl (C=O) groups excluding carboxylic acids is 2. The Kier molecular flexibility index (Phi) is 4.34. The Morgan fingerprint density at radius 2 is 2.40 bits per heavy atom. The van der Waals surface area contributed by atoms with E-state index in [1.54, 1.807) is 24.3 Å². The summed E-state index contributed by atoms with van der Waals surface area (Å²) in [7, 11) is 0. The highest BCUT2D eigenvalue weighted by atomic mass is 16.6. The van der Waals surface area contributed by atoms with Crippen LogP contribution in [0, 0.1) is 0 Å². The van der Waals surface area contributed by atoms with Crippen molar-refractivity contribution in [3.8, 4) is 0 Å². The van der Waals surface area contributed by atoms with Gasteiger partial charge in [-0.3, -0.25) is 4.79 Å². The van der Waals surface area contributed by atoms with E-state index >= 15 is 0 Å². The van der Waals surface area contributed by atoms with Gasteiger partial charge in [-0.1, -0.05) is 12.2 Å². The lowest BCUT2D eigenvalue weighted by Crippen LogP contribution is -2.23. The molecule has 0 bridgehead atoms. The Morgan fingerprint density at radius 3 is 3.07 bits per heavy atom. The topological polar surface area (TPSA) is 55.4 Å². The minimum atomic E-state index is -0.489. The summed E-state index contributed by atoms with van der Waals surface area (Å²) < 4.78 is 4.97. The van der Waals surface area contributed by atoms with E-state index in [9.17, 15) is 9.59 Å². The molecule has 0 aromatic carbocycles. The molecule has 0 heterocycles. The van der Waals surface area contributed by atoms with Crippen molar-refractivity contribution in [3.63, 3.8) is 0 Å². The zero-order valence-corrected chi connectivity index (χ0v) is 8.53. The van der Waals surface area contributed by atoms with Gasteiger partial charge in [0.1, 0.15) is 12.0 Å². The summed E-state index contributed by atoms with van der Waals surface area (Å²) in [6.07, 6.45) is 7.54. The highest BCUT2D eigenvalue weighted by molar-refractivity contribution is 5.75. The SMILES string of the molecule is CCNC(=O)OC1=CC=C(C=O)CC=C1. The molecule has 0 aromatic heterocycles. The molecule has 0 radical (unpaired) electrons. The number of aldehydes is 1. The number of alkyl carbamates (subject to hydrolysis) is 1. The van der Waals surface area contributed by atoms with Gasteiger partial charge in [-0.15, -0.1) is 0 Å². The van der Waals surface area contributed by atoms with Crippen LogP contribution in [0.15, 0.2) is 35.6 Å². The van der Waals surface area contributed by atoms with E-state index in [4.69, 9.17) is 4.74 Å². The third-order valence-corrected chi connectivity index (χ3v) is 1.78. The van der Waals surface area contributed by atoms with Crippen LogP contribution in [0.2, 0.25) is 0 Å². The van der Waals surface area contributed by atoms with Crippen LogP contribution in [0.1, 0.15) is 13.3 Å². The number of nitrogens with one attached hydrogen (secondary N) is 1. The van der Waals surface area contributed by atoms with Gasteiger partial charge in [-0.2, -0.15) is 0 Å². The first-order chi connectivity index (χ1) is 7.26. The monoisotopic (exact) mass is 207 g/mol. The molecule has 0 atom stereocenters. The Labute approximate surface area is 88.3 Å². The number of rotatable bonds is 3. The van der Waals surface area contributed by atoms with Crippen molar-refractivity contribution < 1.29 is 14.3 Å². The lowest BCUT2D eigenvalue weighted by molar-refractivity contribution is -0.105. The molecule has 1 rings (SSSR count). The third-order valence-electron chi connectivity index (χ3n) is 1.78. The summed E-state index contributed by atoms with van der Waals surface area (Å²) in [5.74, 6) is 0.429. The van der Waals surface area contributed by atoms with Crippen LogP contribution in [0.25, 0.3) is 0 Å². The summed E-state index contributed by atoms with van der Waals surface area (Å²) in [6, 6.07) is 0. The second-order valence-corrected chi connectivity index (χ2v) is 2.95. The second-order valence-electron chi connectivity index (χ2n) is 2.95. The molecule has 0 fully saturated rings. The maximum atomic E-state index is 11.1. The fraction of sp³-hybridized carbons (Fsp3) is 0.273. The van der Waals surface area contributed by atoms with Gasteiger partial charge >= 0.3 is 6.09 Å². The van der Waals surface area contributed by atoms with Gasteiger partial charge in [0.2, 0.25) is 0 Å². The van der Waals surface area contributed by atoms with E-state index in [0.29, 0.717) is 24.3 Å². The number of hydrogen-bond donors (Lipinski definition) is 1. The van der Waals surface area contributed by atoms with Crippen molar-refractivity contribution in [1.29, 1.82) is 0 Å². The Balaban J connectivity index is 2.62. The summed E-state index contributed by atoms with van der Waals surface area (Å²) in [5, 5.41) is 2.51. The van der Waals surface area contributed by atoms with E-state index < -0.39 is 6.09 Å².